The fraction of sp³-hybridized carbons (Fsp3) is 0.667. The van der Waals surface area contributed by atoms with Crippen LogP contribution in [-0.4, -0.2) is 53.1 Å². The normalized spacial score (nSPS) is 24.6. The van der Waals surface area contributed by atoms with Crippen molar-refractivity contribution in [3.8, 4) is 6.01 Å². The Kier molecular flexibility index (Phi) is 4.65. The van der Waals surface area contributed by atoms with Gasteiger partial charge < -0.3 is 10.1 Å². The van der Waals surface area contributed by atoms with Gasteiger partial charge in [0.2, 0.25) is 5.91 Å². The maximum atomic E-state index is 11.9. The second-order valence-electron chi connectivity index (χ2n) is 5.77. The molecule has 1 unspecified atom stereocenters. The lowest BCUT2D eigenvalue weighted by Gasteiger charge is -2.38. The van der Waals surface area contributed by atoms with Crippen LogP contribution < -0.4 is 10.1 Å². The molecule has 114 valence electrons. The summed E-state index contributed by atoms with van der Waals surface area (Å²) in [6.45, 7) is 3.44. The molecule has 0 saturated carbocycles. The highest BCUT2D eigenvalue weighted by Crippen LogP contribution is 2.22. The Morgan fingerprint density at radius 1 is 1.24 bits per heavy atom. The van der Waals surface area contributed by atoms with Crippen molar-refractivity contribution in [2.75, 3.05) is 26.2 Å². The molecule has 21 heavy (non-hydrogen) atoms. The zero-order valence-corrected chi connectivity index (χ0v) is 12.2. The fourth-order valence-corrected chi connectivity index (χ4v) is 3.09. The number of hydrogen-bond donors (Lipinski definition) is 1. The molecule has 2 saturated heterocycles. The molecule has 0 aromatic carbocycles. The number of piperidine rings is 2. The number of hydrogen-bond acceptors (Lipinski definition) is 5. The van der Waals surface area contributed by atoms with Gasteiger partial charge in [0.15, 0.2) is 0 Å². The maximum Gasteiger partial charge on any atom is 0.316 e. The van der Waals surface area contributed by atoms with E-state index in [9.17, 15) is 4.79 Å². The highest BCUT2D eigenvalue weighted by Gasteiger charge is 2.31. The van der Waals surface area contributed by atoms with E-state index >= 15 is 0 Å². The first-order chi connectivity index (χ1) is 10.3. The molecule has 3 heterocycles. The topological polar surface area (TPSA) is 67.4 Å². The molecule has 0 bridgehead atoms. The van der Waals surface area contributed by atoms with Crippen molar-refractivity contribution < 1.29 is 9.53 Å². The van der Waals surface area contributed by atoms with Crippen LogP contribution in [0.2, 0.25) is 0 Å². The molecule has 1 aromatic heterocycles. The Morgan fingerprint density at radius 2 is 2.00 bits per heavy atom. The van der Waals surface area contributed by atoms with Gasteiger partial charge in [0.05, 0.1) is 12.6 Å². The molecule has 2 fully saturated rings. The molecule has 2 aliphatic rings. The summed E-state index contributed by atoms with van der Waals surface area (Å²) in [5.41, 5.74) is 0. The Labute approximate surface area is 124 Å². The van der Waals surface area contributed by atoms with E-state index in [2.05, 4.69) is 20.2 Å². The summed E-state index contributed by atoms with van der Waals surface area (Å²) in [5, 5.41) is 2.97. The number of ether oxygens (including phenoxy) is 1. The summed E-state index contributed by atoms with van der Waals surface area (Å²) < 4.78 is 5.63. The van der Waals surface area contributed by atoms with E-state index in [1.165, 1.54) is 0 Å². The lowest BCUT2D eigenvalue weighted by atomic mass is 9.94. The van der Waals surface area contributed by atoms with Crippen LogP contribution in [0.15, 0.2) is 18.5 Å². The van der Waals surface area contributed by atoms with Gasteiger partial charge in [-0.25, -0.2) is 9.97 Å². The van der Waals surface area contributed by atoms with Crippen LogP contribution in [0.1, 0.15) is 25.7 Å². The number of nitrogens with one attached hydrogen (secondary N) is 1. The zero-order chi connectivity index (χ0) is 14.5. The largest absolute Gasteiger partial charge is 0.463 e. The second-order valence-corrected chi connectivity index (χ2v) is 5.77. The Bertz CT molecular complexity index is 460. The van der Waals surface area contributed by atoms with E-state index in [0.717, 1.165) is 45.3 Å². The number of carbonyl (C=O) groups excluding carboxylic acids is 1. The van der Waals surface area contributed by atoms with Gasteiger partial charge in [-0.1, -0.05) is 0 Å². The highest BCUT2D eigenvalue weighted by molar-refractivity contribution is 5.82. The number of aromatic nitrogens is 2. The van der Waals surface area contributed by atoms with Crippen molar-refractivity contribution in [3.05, 3.63) is 18.5 Å². The van der Waals surface area contributed by atoms with Gasteiger partial charge in [0.1, 0.15) is 0 Å². The fourth-order valence-electron chi connectivity index (χ4n) is 3.09. The average molecular weight is 290 g/mol. The van der Waals surface area contributed by atoms with Gasteiger partial charge in [-0.05, 0) is 50.8 Å². The number of likely N-dealkylation sites (tertiary alicyclic amines) is 1. The van der Waals surface area contributed by atoms with Crippen molar-refractivity contribution in [2.24, 2.45) is 5.92 Å². The van der Waals surface area contributed by atoms with Crippen LogP contribution in [0.4, 0.5) is 0 Å². The summed E-state index contributed by atoms with van der Waals surface area (Å²) in [6, 6.07) is 2.31. The maximum absolute atomic E-state index is 11.9. The summed E-state index contributed by atoms with van der Waals surface area (Å²) >= 11 is 0. The highest BCUT2D eigenvalue weighted by atomic mass is 16.5. The van der Waals surface area contributed by atoms with E-state index in [1.54, 1.807) is 18.5 Å². The minimum Gasteiger partial charge on any atom is -0.463 e. The molecule has 3 rings (SSSR count). The van der Waals surface area contributed by atoms with E-state index in [4.69, 9.17) is 4.74 Å². The molecular formula is C15H22N4O2. The minimum absolute atomic E-state index is 0.0816. The molecule has 0 aliphatic carbocycles. The summed E-state index contributed by atoms with van der Waals surface area (Å²) in [5.74, 6) is 0.727. The SMILES string of the molecule is O=C1NCCCC1N1CCC(COc2ncccn2)CC1. The third-order valence-electron chi connectivity index (χ3n) is 4.34. The Morgan fingerprint density at radius 3 is 2.71 bits per heavy atom. The first kappa shape index (κ1) is 14.3. The summed E-state index contributed by atoms with van der Waals surface area (Å²) in [4.78, 5) is 22.3. The molecular weight excluding hydrogens is 268 g/mol. The number of amides is 1. The standard InChI is InChI=1S/C15H22N4O2/c20-14-13(3-1-6-16-14)19-9-4-12(5-10-19)11-21-15-17-7-2-8-18-15/h2,7-8,12-13H,1,3-6,9-11H2,(H,16,20). The van der Waals surface area contributed by atoms with Crippen LogP contribution >= 0.6 is 0 Å². The molecule has 2 aliphatic heterocycles. The molecule has 6 nitrogen and oxygen atoms in total. The first-order valence-corrected chi connectivity index (χ1v) is 7.74. The summed E-state index contributed by atoms with van der Waals surface area (Å²) in [7, 11) is 0. The van der Waals surface area contributed by atoms with E-state index in [-0.39, 0.29) is 11.9 Å². The zero-order valence-electron chi connectivity index (χ0n) is 12.2. The van der Waals surface area contributed by atoms with Crippen molar-refractivity contribution in [3.63, 3.8) is 0 Å². The minimum atomic E-state index is 0.0816. The van der Waals surface area contributed by atoms with Gasteiger partial charge in [-0.15, -0.1) is 0 Å². The molecule has 0 radical (unpaired) electrons. The van der Waals surface area contributed by atoms with Crippen LogP contribution in [0.5, 0.6) is 6.01 Å². The first-order valence-electron chi connectivity index (χ1n) is 7.74. The van der Waals surface area contributed by atoms with E-state index in [0.29, 0.717) is 18.5 Å². The predicted octanol–water partition coefficient (Wildman–Crippen LogP) is 0.846. The third-order valence-corrected chi connectivity index (χ3v) is 4.34. The molecule has 1 aromatic rings. The lowest BCUT2D eigenvalue weighted by Crippen LogP contribution is -2.52. The van der Waals surface area contributed by atoms with Gasteiger partial charge in [-0.2, -0.15) is 0 Å². The number of nitrogens with zero attached hydrogens (tertiary/aromatic N) is 3. The second kappa shape index (κ2) is 6.85. The molecule has 1 atom stereocenters. The molecule has 0 spiro atoms. The van der Waals surface area contributed by atoms with Gasteiger partial charge in [0.25, 0.3) is 0 Å². The Balaban J connectivity index is 1.43. The summed E-state index contributed by atoms with van der Waals surface area (Å²) in [6.07, 6.45) is 7.59. The molecule has 6 heteroatoms. The van der Waals surface area contributed by atoms with Crippen LogP contribution in [0.3, 0.4) is 0 Å². The van der Waals surface area contributed by atoms with Gasteiger partial charge in [0, 0.05) is 18.9 Å². The van der Waals surface area contributed by atoms with Crippen molar-refractivity contribution in [1.29, 1.82) is 0 Å². The van der Waals surface area contributed by atoms with Crippen LogP contribution in [-0.2, 0) is 4.79 Å². The van der Waals surface area contributed by atoms with Crippen LogP contribution in [0.25, 0.3) is 0 Å². The predicted molar refractivity (Wildman–Crippen MR) is 77.9 cm³/mol. The quantitative estimate of drug-likeness (QED) is 0.890. The van der Waals surface area contributed by atoms with Crippen molar-refractivity contribution >= 4 is 5.91 Å². The molecule has 1 N–H and O–H groups in total. The number of rotatable bonds is 4. The van der Waals surface area contributed by atoms with Crippen LogP contribution in [0, 0.1) is 5.92 Å². The number of carbonyl (C=O) groups is 1. The Hall–Kier alpha value is -1.69. The van der Waals surface area contributed by atoms with Gasteiger partial charge in [-0.3, -0.25) is 9.69 Å². The van der Waals surface area contributed by atoms with Crippen molar-refractivity contribution in [1.82, 2.24) is 20.2 Å². The molecule has 1 amide bonds. The monoisotopic (exact) mass is 290 g/mol. The van der Waals surface area contributed by atoms with E-state index in [1.807, 2.05) is 0 Å². The smallest absolute Gasteiger partial charge is 0.316 e. The van der Waals surface area contributed by atoms with E-state index < -0.39 is 0 Å². The van der Waals surface area contributed by atoms with Gasteiger partial charge >= 0.3 is 6.01 Å². The average Bonchev–Trinajstić information content (AvgIpc) is 2.55. The lowest BCUT2D eigenvalue weighted by molar-refractivity contribution is -0.128. The third kappa shape index (κ3) is 3.69. The van der Waals surface area contributed by atoms with Crippen molar-refractivity contribution in [2.45, 2.75) is 31.7 Å².